The Morgan fingerprint density at radius 2 is 1.97 bits per heavy atom. The first kappa shape index (κ1) is 21.5. The molecule has 0 spiro atoms. The third-order valence-corrected chi connectivity index (χ3v) is 6.50. The van der Waals surface area contributed by atoms with E-state index in [-0.39, 0.29) is 23.9 Å². The number of carbonyl (C=O) groups excluding carboxylic acids is 1. The Hall–Kier alpha value is -2.70. The topological polar surface area (TPSA) is 78.6 Å². The molecule has 1 fully saturated rings. The van der Waals surface area contributed by atoms with Crippen LogP contribution >= 0.6 is 0 Å². The number of carbonyl (C=O) groups is 1. The number of rotatable bonds is 7. The average molecular weight is 422 g/mol. The van der Waals surface area contributed by atoms with Gasteiger partial charge in [0.05, 0.1) is 0 Å². The fourth-order valence-corrected chi connectivity index (χ4v) is 4.30. The first-order valence-electron chi connectivity index (χ1n) is 11.1. The number of para-hydroxylation sites is 2. The maximum Gasteiger partial charge on any atom is 0.253 e. The Morgan fingerprint density at radius 3 is 2.68 bits per heavy atom. The number of hydrogen-bond donors (Lipinski definition) is 2. The molecular formula is C25H31N3O3. The zero-order valence-electron chi connectivity index (χ0n) is 18.4. The van der Waals surface area contributed by atoms with Gasteiger partial charge in [0.15, 0.2) is 5.58 Å². The van der Waals surface area contributed by atoms with E-state index in [1.807, 2.05) is 60.5 Å². The molecule has 1 saturated carbocycles. The molecule has 0 bridgehead atoms. The van der Waals surface area contributed by atoms with Gasteiger partial charge in [-0.2, -0.15) is 0 Å². The van der Waals surface area contributed by atoms with Crippen LogP contribution in [0.15, 0.2) is 52.9 Å². The molecule has 1 aliphatic rings. The Kier molecular flexibility index (Phi) is 6.39. The van der Waals surface area contributed by atoms with E-state index in [1.165, 1.54) is 0 Å². The number of oxazole rings is 1. The maximum absolute atomic E-state index is 13.0. The van der Waals surface area contributed by atoms with Crippen LogP contribution in [0.1, 0.15) is 49.9 Å². The van der Waals surface area contributed by atoms with Crippen molar-refractivity contribution in [2.24, 2.45) is 5.92 Å². The molecule has 6 heteroatoms. The van der Waals surface area contributed by atoms with Gasteiger partial charge in [-0.25, -0.2) is 4.98 Å². The largest absolute Gasteiger partial charge is 0.436 e. The quantitative estimate of drug-likeness (QED) is 0.552. The van der Waals surface area contributed by atoms with E-state index in [4.69, 9.17) is 4.42 Å². The van der Waals surface area contributed by atoms with Crippen molar-refractivity contribution >= 4 is 17.0 Å². The molecule has 0 radical (unpaired) electrons. The highest BCUT2D eigenvalue weighted by molar-refractivity contribution is 5.94. The van der Waals surface area contributed by atoms with Crippen molar-refractivity contribution < 1.29 is 14.3 Å². The second-order valence-electron chi connectivity index (χ2n) is 8.63. The first-order valence-corrected chi connectivity index (χ1v) is 11.1. The Bertz CT molecular complexity index is 997. The lowest BCUT2D eigenvalue weighted by Crippen LogP contribution is -2.41. The minimum absolute atomic E-state index is 0.000796. The van der Waals surface area contributed by atoms with Gasteiger partial charge in [0, 0.05) is 36.2 Å². The van der Waals surface area contributed by atoms with Crippen molar-refractivity contribution in [1.82, 2.24) is 15.2 Å². The summed E-state index contributed by atoms with van der Waals surface area (Å²) in [5.74, 6) is 0.727. The molecule has 1 amide bonds. The van der Waals surface area contributed by atoms with E-state index < -0.39 is 6.23 Å². The van der Waals surface area contributed by atoms with Crippen LogP contribution in [0.4, 0.5) is 0 Å². The van der Waals surface area contributed by atoms with Gasteiger partial charge in [-0.1, -0.05) is 19.1 Å². The summed E-state index contributed by atoms with van der Waals surface area (Å²) in [6.45, 7) is 4.18. The van der Waals surface area contributed by atoms with Crippen molar-refractivity contribution in [2.45, 2.75) is 57.8 Å². The van der Waals surface area contributed by atoms with E-state index in [0.29, 0.717) is 11.5 Å². The maximum atomic E-state index is 13.0. The Balaban J connectivity index is 1.40. The SMILES string of the molecule is CC[C@@H](C)NC(O)[C@H]1CC[C@@H](N(C)C(=O)c2ccc(-c3nc4ccccc4o3)cc2)C1. The summed E-state index contributed by atoms with van der Waals surface area (Å²) < 4.78 is 5.82. The second kappa shape index (κ2) is 9.20. The van der Waals surface area contributed by atoms with Gasteiger partial charge in [0.2, 0.25) is 5.89 Å². The molecule has 31 heavy (non-hydrogen) atoms. The summed E-state index contributed by atoms with van der Waals surface area (Å²) in [7, 11) is 1.86. The van der Waals surface area contributed by atoms with Gasteiger partial charge in [-0.3, -0.25) is 10.1 Å². The molecule has 2 N–H and O–H groups in total. The fraction of sp³-hybridized carbons (Fsp3) is 0.440. The van der Waals surface area contributed by atoms with Crippen molar-refractivity contribution in [3.63, 3.8) is 0 Å². The third kappa shape index (κ3) is 4.65. The van der Waals surface area contributed by atoms with Crippen LogP contribution in [0, 0.1) is 5.92 Å². The summed E-state index contributed by atoms with van der Waals surface area (Å²) in [5.41, 5.74) is 3.05. The van der Waals surface area contributed by atoms with Gasteiger partial charge in [-0.15, -0.1) is 0 Å². The fourth-order valence-electron chi connectivity index (χ4n) is 4.30. The molecule has 0 saturated heterocycles. The van der Waals surface area contributed by atoms with Crippen LogP contribution in [-0.4, -0.2) is 46.3 Å². The Labute approximate surface area is 183 Å². The molecule has 1 aliphatic carbocycles. The van der Waals surface area contributed by atoms with Gasteiger partial charge >= 0.3 is 0 Å². The predicted octanol–water partition coefficient (Wildman–Crippen LogP) is 4.44. The molecule has 0 aliphatic heterocycles. The van der Waals surface area contributed by atoms with Crippen LogP contribution < -0.4 is 5.32 Å². The number of nitrogens with one attached hydrogen (secondary N) is 1. The normalized spacial score (nSPS) is 20.6. The minimum Gasteiger partial charge on any atom is -0.436 e. The molecule has 2 aromatic carbocycles. The molecule has 1 unspecified atom stereocenters. The first-order chi connectivity index (χ1) is 15.0. The third-order valence-electron chi connectivity index (χ3n) is 6.50. The van der Waals surface area contributed by atoms with Gasteiger partial charge in [-0.05, 0) is 69.0 Å². The van der Waals surface area contributed by atoms with Crippen LogP contribution in [0.25, 0.3) is 22.6 Å². The number of benzene rings is 2. The summed E-state index contributed by atoms with van der Waals surface area (Å²) in [4.78, 5) is 19.4. The molecule has 164 valence electrons. The zero-order valence-corrected chi connectivity index (χ0v) is 18.4. The van der Waals surface area contributed by atoms with E-state index in [9.17, 15) is 9.90 Å². The number of aliphatic hydroxyl groups excluding tert-OH is 1. The van der Waals surface area contributed by atoms with Crippen molar-refractivity contribution in [3.8, 4) is 11.5 Å². The van der Waals surface area contributed by atoms with Crippen LogP contribution in [0.2, 0.25) is 0 Å². The molecule has 4 rings (SSSR count). The molecule has 1 heterocycles. The summed E-state index contributed by atoms with van der Waals surface area (Å²) in [5, 5.41) is 13.7. The van der Waals surface area contributed by atoms with Crippen LogP contribution in [0.3, 0.4) is 0 Å². The average Bonchev–Trinajstić information content (AvgIpc) is 3.45. The van der Waals surface area contributed by atoms with Gasteiger partial charge in [0.25, 0.3) is 5.91 Å². The smallest absolute Gasteiger partial charge is 0.253 e. The van der Waals surface area contributed by atoms with Crippen LogP contribution in [-0.2, 0) is 0 Å². The number of hydrogen-bond acceptors (Lipinski definition) is 5. The molecule has 4 atom stereocenters. The van der Waals surface area contributed by atoms with E-state index in [0.717, 1.165) is 42.3 Å². The number of fused-ring (bicyclic) bond motifs is 1. The van der Waals surface area contributed by atoms with Crippen molar-refractivity contribution in [3.05, 3.63) is 54.1 Å². The number of aromatic nitrogens is 1. The van der Waals surface area contributed by atoms with Crippen molar-refractivity contribution in [2.75, 3.05) is 7.05 Å². The monoisotopic (exact) mass is 421 g/mol. The number of aliphatic hydroxyl groups is 1. The second-order valence-corrected chi connectivity index (χ2v) is 8.63. The lowest BCUT2D eigenvalue weighted by molar-refractivity contribution is 0.0584. The van der Waals surface area contributed by atoms with E-state index in [2.05, 4.69) is 24.1 Å². The predicted molar refractivity (Wildman–Crippen MR) is 122 cm³/mol. The van der Waals surface area contributed by atoms with E-state index in [1.54, 1.807) is 0 Å². The molecule has 3 aromatic rings. The number of nitrogens with zero attached hydrogens (tertiary/aromatic N) is 2. The summed E-state index contributed by atoms with van der Waals surface area (Å²) >= 11 is 0. The van der Waals surface area contributed by atoms with E-state index >= 15 is 0 Å². The standard InChI is InChI=1S/C25H31N3O3/c1-4-16(2)26-23(29)19-13-14-20(15-19)28(3)25(30)18-11-9-17(10-12-18)24-27-21-7-5-6-8-22(21)31-24/h5-12,16,19-20,23,26,29H,4,13-15H2,1-3H3/t16-,19+,20-,23?/m1/s1. The van der Waals surface area contributed by atoms with Crippen LogP contribution in [0.5, 0.6) is 0 Å². The Morgan fingerprint density at radius 1 is 1.23 bits per heavy atom. The molecular weight excluding hydrogens is 390 g/mol. The highest BCUT2D eigenvalue weighted by Gasteiger charge is 2.34. The van der Waals surface area contributed by atoms with Gasteiger partial charge in [0.1, 0.15) is 11.7 Å². The lowest BCUT2D eigenvalue weighted by atomic mass is 10.0. The number of amides is 1. The summed E-state index contributed by atoms with van der Waals surface area (Å²) in [6, 6.07) is 15.5. The molecule has 1 aromatic heterocycles. The lowest BCUT2D eigenvalue weighted by Gasteiger charge is -2.27. The highest BCUT2D eigenvalue weighted by atomic mass is 16.3. The minimum atomic E-state index is -0.515. The molecule has 6 nitrogen and oxygen atoms in total. The highest BCUT2D eigenvalue weighted by Crippen LogP contribution is 2.32. The summed E-state index contributed by atoms with van der Waals surface area (Å²) in [6.07, 6.45) is 3.11. The van der Waals surface area contributed by atoms with Gasteiger partial charge < -0.3 is 14.4 Å². The van der Waals surface area contributed by atoms with Crippen molar-refractivity contribution in [1.29, 1.82) is 0 Å². The zero-order chi connectivity index (χ0) is 22.0.